The standard InChI is InChI=1S/C14H20N2O3/c1-11-9-13(4-5-14(11)16(18)19)15-7-2-3-12(10-15)6-8-17/h4-5,9,12,17H,2-3,6-8,10H2,1H3. The van der Waals surface area contributed by atoms with Crippen LogP contribution in [0.2, 0.25) is 0 Å². The first-order valence-corrected chi connectivity index (χ1v) is 6.72. The molecule has 1 aromatic carbocycles. The molecule has 104 valence electrons. The molecule has 1 aliphatic heterocycles. The van der Waals surface area contributed by atoms with Crippen molar-refractivity contribution in [3.8, 4) is 0 Å². The van der Waals surface area contributed by atoms with Gasteiger partial charge in [-0.25, -0.2) is 0 Å². The van der Waals surface area contributed by atoms with Crippen LogP contribution in [0.3, 0.4) is 0 Å². The maximum absolute atomic E-state index is 10.8. The van der Waals surface area contributed by atoms with Crippen molar-refractivity contribution in [3.63, 3.8) is 0 Å². The first-order chi connectivity index (χ1) is 9.11. The van der Waals surface area contributed by atoms with E-state index in [2.05, 4.69) is 4.90 Å². The van der Waals surface area contributed by atoms with Crippen LogP contribution in [0.1, 0.15) is 24.8 Å². The summed E-state index contributed by atoms with van der Waals surface area (Å²) in [4.78, 5) is 12.7. The Morgan fingerprint density at radius 3 is 2.95 bits per heavy atom. The summed E-state index contributed by atoms with van der Waals surface area (Å²) in [6.45, 7) is 3.92. The van der Waals surface area contributed by atoms with Gasteiger partial charge in [0.2, 0.25) is 0 Å². The average molecular weight is 264 g/mol. The van der Waals surface area contributed by atoms with Crippen molar-refractivity contribution in [2.24, 2.45) is 5.92 Å². The first kappa shape index (κ1) is 13.8. The highest BCUT2D eigenvalue weighted by Gasteiger charge is 2.21. The number of nitrogens with zero attached hydrogens (tertiary/aromatic N) is 2. The van der Waals surface area contributed by atoms with E-state index in [1.165, 1.54) is 0 Å². The van der Waals surface area contributed by atoms with E-state index in [9.17, 15) is 10.1 Å². The average Bonchev–Trinajstić information content (AvgIpc) is 2.39. The van der Waals surface area contributed by atoms with Crippen molar-refractivity contribution in [1.82, 2.24) is 0 Å². The molecule has 1 saturated heterocycles. The molecule has 1 aliphatic rings. The molecule has 0 bridgehead atoms. The monoisotopic (exact) mass is 264 g/mol. The van der Waals surface area contributed by atoms with E-state index in [-0.39, 0.29) is 17.2 Å². The lowest BCUT2D eigenvalue weighted by Gasteiger charge is -2.34. The van der Waals surface area contributed by atoms with Crippen LogP contribution in [0.5, 0.6) is 0 Å². The molecule has 1 atom stereocenters. The number of hydrogen-bond donors (Lipinski definition) is 1. The summed E-state index contributed by atoms with van der Waals surface area (Å²) in [5.74, 6) is 0.522. The molecule has 1 heterocycles. The van der Waals surface area contributed by atoms with Crippen molar-refractivity contribution in [2.75, 3.05) is 24.6 Å². The Balaban J connectivity index is 2.13. The fourth-order valence-corrected chi connectivity index (χ4v) is 2.76. The highest BCUT2D eigenvalue weighted by atomic mass is 16.6. The van der Waals surface area contributed by atoms with Gasteiger partial charge >= 0.3 is 0 Å². The molecule has 0 spiro atoms. The van der Waals surface area contributed by atoms with Crippen LogP contribution < -0.4 is 4.90 Å². The number of aliphatic hydroxyl groups excluding tert-OH is 1. The van der Waals surface area contributed by atoms with E-state index in [0.717, 1.165) is 38.0 Å². The van der Waals surface area contributed by atoms with Crippen LogP contribution in [0.4, 0.5) is 11.4 Å². The predicted octanol–water partition coefficient (Wildman–Crippen LogP) is 2.50. The lowest BCUT2D eigenvalue weighted by atomic mass is 9.94. The minimum Gasteiger partial charge on any atom is -0.396 e. The Morgan fingerprint density at radius 2 is 2.32 bits per heavy atom. The Kier molecular flexibility index (Phi) is 4.37. The third-order valence-electron chi connectivity index (χ3n) is 3.80. The fraction of sp³-hybridized carbons (Fsp3) is 0.571. The Bertz CT molecular complexity index is 460. The minimum absolute atomic E-state index is 0.174. The van der Waals surface area contributed by atoms with Gasteiger partial charge in [0.05, 0.1) is 4.92 Å². The molecule has 5 heteroatoms. The second-order valence-electron chi connectivity index (χ2n) is 5.19. The van der Waals surface area contributed by atoms with Crippen molar-refractivity contribution < 1.29 is 10.0 Å². The van der Waals surface area contributed by atoms with E-state index in [0.29, 0.717) is 11.5 Å². The maximum atomic E-state index is 10.8. The zero-order valence-corrected chi connectivity index (χ0v) is 11.2. The SMILES string of the molecule is Cc1cc(N2CCCC(CCO)C2)ccc1[N+](=O)[O-]. The number of rotatable bonds is 4. The molecular formula is C14H20N2O3. The number of nitro benzene ring substituents is 1. The van der Waals surface area contributed by atoms with Gasteiger partial charge in [0, 0.05) is 37.0 Å². The van der Waals surface area contributed by atoms with Gasteiger partial charge < -0.3 is 10.0 Å². The van der Waals surface area contributed by atoms with Crippen molar-refractivity contribution in [2.45, 2.75) is 26.2 Å². The number of anilines is 1. The Hall–Kier alpha value is -1.62. The van der Waals surface area contributed by atoms with Crippen LogP contribution in [0.15, 0.2) is 18.2 Å². The molecule has 0 amide bonds. The zero-order valence-electron chi connectivity index (χ0n) is 11.2. The predicted molar refractivity (Wildman–Crippen MR) is 74.5 cm³/mol. The summed E-state index contributed by atoms with van der Waals surface area (Å²) >= 11 is 0. The lowest BCUT2D eigenvalue weighted by molar-refractivity contribution is -0.385. The number of piperidine rings is 1. The number of nitro groups is 1. The summed E-state index contributed by atoms with van der Waals surface area (Å²) < 4.78 is 0. The van der Waals surface area contributed by atoms with E-state index >= 15 is 0 Å². The maximum Gasteiger partial charge on any atom is 0.272 e. The third kappa shape index (κ3) is 3.23. The van der Waals surface area contributed by atoms with Gasteiger partial charge in [0.15, 0.2) is 0 Å². The van der Waals surface area contributed by atoms with Gasteiger partial charge in [-0.1, -0.05) is 0 Å². The summed E-state index contributed by atoms with van der Waals surface area (Å²) in [6, 6.07) is 5.30. The van der Waals surface area contributed by atoms with E-state index < -0.39 is 0 Å². The molecule has 0 aliphatic carbocycles. The van der Waals surface area contributed by atoms with Crippen LogP contribution in [-0.2, 0) is 0 Å². The van der Waals surface area contributed by atoms with Gasteiger partial charge in [-0.15, -0.1) is 0 Å². The molecule has 1 aromatic rings. The molecule has 5 nitrogen and oxygen atoms in total. The van der Waals surface area contributed by atoms with Gasteiger partial charge in [0.1, 0.15) is 0 Å². The third-order valence-corrected chi connectivity index (χ3v) is 3.80. The van der Waals surface area contributed by atoms with Crippen molar-refractivity contribution >= 4 is 11.4 Å². The quantitative estimate of drug-likeness (QED) is 0.670. The van der Waals surface area contributed by atoms with Crippen molar-refractivity contribution in [1.29, 1.82) is 0 Å². The molecule has 1 fully saturated rings. The Morgan fingerprint density at radius 1 is 1.53 bits per heavy atom. The second kappa shape index (κ2) is 6.02. The molecule has 19 heavy (non-hydrogen) atoms. The lowest BCUT2D eigenvalue weighted by Crippen LogP contribution is -2.35. The van der Waals surface area contributed by atoms with E-state index in [1.54, 1.807) is 13.0 Å². The molecule has 0 aromatic heterocycles. The molecule has 0 radical (unpaired) electrons. The van der Waals surface area contributed by atoms with Crippen LogP contribution in [0, 0.1) is 23.0 Å². The summed E-state index contributed by atoms with van der Waals surface area (Å²) in [6.07, 6.45) is 3.10. The molecule has 2 rings (SSSR count). The van der Waals surface area contributed by atoms with Gasteiger partial charge in [-0.2, -0.15) is 0 Å². The summed E-state index contributed by atoms with van der Waals surface area (Å²) in [7, 11) is 0. The number of benzene rings is 1. The van der Waals surface area contributed by atoms with Crippen LogP contribution in [0.25, 0.3) is 0 Å². The normalized spacial score (nSPS) is 19.5. The second-order valence-corrected chi connectivity index (χ2v) is 5.19. The topological polar surface area (TPSA) is 66.6 Å². The molecular weight excluding hydrogens is 244 g/mol. The zero-order chi connectivity index (χ0) is 13.8. The summed E-state index contributed by atoms with van der Waals surface area (Å²) in [5, 5.41) is 19.8. The van der Waals surface area contributed by atoms with Crippen LogP contribution >= 0.6 is 0 Å². The summed E-state index contributed by atoms with van der Waals surface area (Å²) in [5.41, 5.74) is 1.92. The largest absolute Gasteiger partial charge is 0.396 e. The molecule has 0 saturated carbocycles. The molecule has 1 N–H and O–H groups in total. The highest BCUT2D eigenvalue weighted by Crippen LogP contribution is 2.28. The number of aryl methyl sites for hydroxylation is 1. The smallest absolute Gasteiger partial charge is 0.272 e. The van der Waals surface area contributed by atoms with Gasteiger partial charge in [-0.05, 0) is 44.2 Å². The number of hydrogen-bond acceptors (Lipinski definition) is 4. The van der Waals surface area contributed by atoms with Crippen molar-refractivity contribution in [3.05, 3.63) is 33.9 Å². The van der Waals surface area contributed by atoms with Crippen LogP contribution in [-0.4, -0.2) is 29.7 Å². The van der Waals surface area contributed by atoms with Gasteiger partial charge in [0.25, 0.3) is 5.69 Å². The minimum atomic E-state index is -0.343. The van der Waals surface area contributed by atoms with E-state index in [1.807, 2.05) is 12.1 Å². The fourth-order valence-electron chi connectivity index (χ4n) is 2.76. The first-order valence-electron chi connectivity index (χ1n) is 6.72. The Labute approximate surface area is 113 Å². The number of aliphatic hydroxyl groups is 1. The molecule has 1 unspecified atom stereocenters. The van der Waals surface area contributed by atoms with E-state index in [4.69, 9.17) is 5.11 Å². The van der Waals surface area contributed by atoms with Gasteiger partial charge in [-0.3, -0.25) is 10.1 Å². The highest BCUT2D eigenvalue weighted by molar-refractivity contribution is 5.55.